The molecule has 0 fully saturated rings. The largest absolute Gasteiger partial charge is 0.463 e. The molecule has 1 aromatic heterocycles. The lowest BCUT2D eigenvalue weighted by molar-refractivity contribution is 0.616. The van der Waals surface area contributed by atoms with Crippen LogP contribution in [0.3, 0.4) is 0 Å². The molecule has 0 unspecified atom stereocenters. The zero-order valence-electron chi connectivity index (χ0n) is 6.10. The van der Waals surface area contributed by atoms with Gasteiger partial charge in [-0.2, -0.15) is 0 Å². The topological polar surface area (TPSA) is 13.1 Å². The number of aryl methyl sites for hydroxylation is 1. The normalized spacial score (nSPS) is 10.7. The van der Waals surface area contributed by atoms with Crippen LogP contribution in [0.1, 0.15) is 5.56 Å². The molecule has 0 spiro atoms. The van der Waals surface area contributed by atoms with E-state index < -0.39 is 0 Å². The van der Waals surface area contributed by atoms with Crippen LogP contribution < -0.4 is 0 Å². The summed E-state index contributed by atoms with van der Waals surface area (Å²) in [6.45, 7) is 2.04. The highest BCUT2D eigenvalue weighted by atomic mass is 35.5. The number of hydrogen-bond donors (Lipinski definition) is 0. The Morgan fingerprint density at radius 2 is 2.09 bits per heavy atom. The Balaban J connectivity index is 2.96. The second kappa shape index (κ2) is 2.28. The molecule has 11 heavy (non-hydrogen) atoms. The molecule has 0 radical (unpaired) electrons. The molecule has 56 valence electrons. The average Bonchev–Trinajstić information content (AvgIpc) is 2.45. The van der Waals surface area contributed by atoms with Crippen molar-refractivity contribution in [3.8, 4) is 0 Å². The summed E-state index contributed by atoms with van der Waals surface area (Å²) in [4.78, 5) is 0. The third-order valence-corrected chi connectivity index (χ3v) is 2.08. The van der Waals surface area contributed by atoms with Crippen molar-refractivity contribution in [1.29, 1.82) is 0 Å². The molecule has 0 aliphatic carbocycles. The quantitative estimate of drug-likeness (QED) is 0.585. The second-order valence-corrected chi connectivity index (χ2v) is 2.93. The smallest absolute Gasteiger partial charge is 0.152 e. The van der Waals surface area contributed by atoms with Crippen LogP contribution in [0, 0.1) is 6.92 Å². The fraction of sp³-hybridized carbons (Fsp3) is 0.111. The van der Waals surface area contributed by atoms with Gasteiger partial charge in [-0.15, -0.1) is 0 Å². The molecule has 0 aliphatic heterocycles. The van der Waals surface area contributed by atoms with Crippen molar-refractivity contribution >= 4 is 22.6 Å². The highest BCUT2D eigenvalue weighted by Crippen LogP contribution is 2.26. The monoisotopic (exact) mass is 166 g/mol. The predicted octanol–water partition coefficient (Wildman–Crippen LogP) is 3.39. The Kier molecular flexibility index (Phi) is 1.40. The highest BCUT2D eigenvalue weighted by Gasteiger charge is 2.03. The summed E-state index contributed by atoms with van der Waals surface area (Å²) in [6.07, 6.45) is 1.66. The lowest BCUT2D eigenvalue weighted by Gasteiger charge is -1.94. The number of hydrogen-bond acceptors (Lipinski definition) is 1. The first-order valence-corrected chi connectivity index (χ1v) is 3.79. The molecule has 2 aromatic rings. The molecular weight excluding hydrogens is 160 g/mol. The summed E-state index contributed by atoms with van der Waals surface area (Å²) in [7, 11) is 0. The summed E-state index contributed by atoms with van der Waals surface area (Å²) >= 11 is 5.88. The van der Waals surface area contributed by atoms with Gasteiger partial charge < -0.3 is 4.42 Å². The van der Waals surface area contributed by atoms with Gasteiger partial charge in [-0.3, -0.25) is 0 Å². The van der Waals surface area contributed by atoms with E-state index in [0.717, 1.165) is 11.0 Å². The predicted molar refractivity (Wildman–Crippen MR) is 46.0 cm³/mol. The Bertz CT molecular complexity index is 353. The number of benzene rings is 1. The molecule has 1 nitrogen and oxygen atoms in total. The lowest BCUT2D eigenvalue weighted by atomic mass is 10.1. The summed E-state index contributed by atoms with van der Waals surface area (Å²) < 4.78 is 5.20. The maximum atomic E-state index is 5.88. The van der Waals surface area contributed by atoms with Crippen molar-refractivity contribution < 1.29 is 4.42 Å². The van der Waals surface area contributed by atoms with Gasteiger partial charge in [0.25, 0.3) is 0 Å². The maximum Gasteiger partial charge on any atom is 0.152 e. The molecular formula is C9H7ClO. The van der Waals surface area contributed by atoms with Crippen molar-refractivity contribution in [1.82, 2.24) is 0 Å². The molecule has 0 amide bonds. The molecule has 0 saturated carbocycles. The summed E-state index contributed by atoms with van der Waals surface area (Å²) in [5, 5.41) is 1.77. The van der Waals surface area contributed by atoms with Crippen molar-refractivity contribution in [2.45, 2.75) is 6.92 Å². The summed E-state index contributed by atoms with van der Waals surface area (Å²) in [6, 6.07) is 5.76. The minimum atomic E-state index is 0.676. The van der Waals surface area contributed by atoms with Crippen LogP contribution in [-0.2, 0) is 0 Å². The van der Waals surface area contributed by atoms with Crippen molar-refractivity contribution in [3.05, 3.63) is 35.0 Å². The first-order valence-electron chi connectivity index (χ1n) is 3.41. The Morgan fingerprint density at radius 3 is 2.82 bits per heavy atom. The van der Waals surface area contributed by atoms with Crippen molar-refractivity contribution in [2.24, 2.45) is 0 Å². The maximum absolute atomic E-state index is 5.88. The van der Waals surface area contributed by atoms with Gasteiger partial charge in [0.15, 0.2) is 5.58 Å². The van der Waals surface area contributed by atoms with Gasteiger partial charge in [0, 0.05) is 5.39 Å². The van der Waals surface area contributed by atoms with E-state index in [1.54, 1.807) is 6.26 Å². The van der Waals surface area contributed by atoms with Gasteiger partial charge >= 0.3 is 0 Å². The van der Waals surface area contributed by atoms with Crippen LogP contribution in [0.2, 0.25) is 5.02 Å². The first-order chi connectivity index (χ1) is 5.29. The molecule has 1 aromatic carbocycles. The van der Waals surface area contributed by atoms with Gasteiger partial charge in [0.1, 0.15) is 0 Å². The van der Waals surface area contributed by atoms with Crippen LogP contribution in [0.5, 0.6) is 0 Å². The average molecular weight is 167 g/mol. The lowest BCUT2D eigenvalue weighted by Crippen LogP contribution is -1.72. The summed E-state index contributed by atoms with van der Waals surface area (Å²) in [5.74, 6) is 0. The van der Waals surface area contributed by atoms with Crippen molar-refractivity contribution in [2.75, 3.05) is 0 Å². The van der Waals surface area contributed by atoms with Crippen LogP contribution >= 0.6 is 11.6 Å². The van der Waals surface area contributed by atoms with Crippen molar-refractivity contribution in [3.63, 3.8) is 0 Å². The Morgan fingerprint density at radius 1 is 1.27 bits per heavy atom. The molecule has 0 saturated heterocycles. The minimum Gasteiger partial charge on any atom is -0.463 e. The van der Waals surface area contributed by atoms with E-state index in [1.165, 1.54) is 5.56 Å². The van der Waals surface area contributed by atoms with Crippen LogP contribution in [0.4, 0.5) is 0 Å². The van der Waals surface area contributed by atoms with Gasteiger partial charge in [0.05, 0.1) is 11.3 Å². The zero-order chi connectivity index (χ0) is 7.84. The second-order valence-electron chi connectivity index (χ2n) is 2.53. The number of halogens is 1. The molecule has 2 rings (SSSR count). The highest BCUT2D eigenvalue weighted by molar-refractivity contribution is 6.34. The minimum absolute atomic E-state index is 0.676. The van der Waals surface area contributed by atoms with Crippen LogP contribution in [0.15, 0.2) is 28.9 Å². The fourth-order valence-corrected chi connectivity index (χ4v) is 1.38. The van der Waals surface area contributed by atoms with E-state index in [4.69, 9.17) is 16.0 Å². The Hall–Kier alpha value is -0.950. The molecule has 2 heteroatoms. The number of rotatable bonds is 0. The van der Waals surface area contributed by atoms with E-state index in [-0.39, 0.29) is 0 Å². The number of fused-ring (bicyclic) bond motifs is 1. The standard InChI is InChI=1S/C9H7ClO/c1-6-2-3-8(10)9-7(6)4-5-11-9/h2-5H,1H3. The molecule has 0 bridgehead atoms. The van der Waals surface area contributed by atoms with E-state index in [9.17, 15) is 0 Å². The number of furan rings is 1. The van der Waals surface area contributed by atoms with Crippen LogP contribution in [0.25, 0.3) is 11.0 Å². The van der Waals surface area contributed by atoms with E-state index in [1.807, 2.05) is 25.1 Å². The SMILES string of the molecule is Cc1ccc(Cl)c2occc12. The zero-order valence-corrected chi connectivity index (χ0v) is 6.85. The van der Waals surface area contributed by atoms with Gasteiger partial charge in [-0.1, -0.05) is 17.7 Å². The van der Waals surface area contributed by atoms with Gasteiger partial charge in [0.2, 0.25) is 0 Å². The molecule has 0 N–H and O–H groups in total. The third-order valence-electron chi connectivity index (χ3n) is 1.79. The fourth-order valence-electron chi connectivity index (χ4n) is 1.17. The van der Waals surface area contributed by atoms with Crippen LogP contribution in [-0.4, -0.2) is 0 Å². The van der Waals surface area contributed by atoms with E-state index in [2.05, 4.69) is 0 Å². The first kappa shape index (κ1) is 6.74. The summed E-state index contributed by atoms with van der Waals surface area (Å²) in [5.41, 5.74) is 1.98. The molecule has 1 heterocycles. The van der Waals surface area contributed by atoms with Gasteiger partial charge in [-0.05, 0) is 24.6 Å². The molecule has 0 aliphatic rings. The van der Waals surface area contributed by atoms with Gasteiger partial charge in [-0.25, -0.2) is 0 Å². The Labute approximate surface area is 69.6 Å². The molecule has 0 atom stereocenters. The van der Waals surface area contributed by atoms with E-state index in [0.29, 0.717) is 5.02 Å². The van der Waals surface area contributed by atoms with E-state index >= 15 is 0 Å². The third kappa shape index (κ3) is 0.925.